The maximum absolute atomic E-state index is 12.1. The summed E-state index contributed by atoms with van der Waals surface area (Å²) >= 11 is 0. The third kappa shape index (κ3) is 4.59. The standard InChI is InChI=1S/C17H20BF3N4O3/c1-9(10-5-11(6-10)25-16(26)24-8-17(19,20)21)14-12-3-4-22-15(12)23-7-13(14)28-18(2)27/h3-4,7,10-11,27H,1,5-6,8H2,2H3,(H,22,23)(H2,24,25,26)/t10-,11+. The van der Waals surface area contributed by atoms with Gasteiger partial charge in [-0.2, -0.15) is 13.2 Å². The lowest BCUT2D eigenvalue weighted by molar-refractivity contribution is -0.122. The van der Waals surface area contributed by atoms with Gasteiger partial charge in [-0.3, -0.25) is 0 Å². The fraction of sp³-hybridized carbons (Fsp3) is 0.412. The van der Waals surface area contributed by atoms with Gasteiger partial charge in [0.1, 0.15) is 17.9 Å². The molecular weight excluding hydrogens is 376 g/mol. The summed E-state index contributed by atoms with van der Waals surface area (Å²) in [5, 5.41) is 14.7. The van der Waals surface area contributed by atoms with E-state index in [9.17, 15) is 23.0 Å². The number of halogens is 3. The molecule has 0 spiro atoms. The summed E-state index contributed by atoms with van der Waals surface area (Å²) in [6.45, 7) is 4.26. The largest absolute Gasteiger partial charge is 0.535 e. The van der Waals surface area contributed by atoms with E-state index in [4.69, 9.17) is 4.65 Å². The van der Waals surface area contributed by atoms with Crippen molar-refractivity contribution >= 4 is 29.8 Å². The number of H-pyrrole nitrogens is 1. The summed E-state index contributed by atoms with van der Waals surface area (Å²) in [5.74, 6) is 0.413. The van der Waals surface area contributed by atoms with E-state index in [1.54, 1.807) is 11.5 Å². The number of aromatic amines is 1. The van der Waals surface area contributed by atoms with Crippen molar-refractivity contribution in [2.24, 2.45) is 5.92 Å². The Labute approximate surface area is 159 Å². The van der Waals surface area contributed by atoms with E-state index in [1.165, 1.54) is 13.0 Å². The Morgan fingerprint density at radius 2 is 2.21 bits per heavy atom. The van der Waals surface area contributed by atoms with Crippen molar-refractivity contribution in [2.45, 2.75) is 31.9 Å². The Balaban J connectivity index is 1.65. The molecule has 0 unspecified atom stereocenters. The second kappa shape index (κ2) is 7.74. The van der Waals surface area contributed by atoms with Crippen LogP contribution in [0.1, 0.15) is 18.4 Å². The number of hydrogen-bond acceptors (Lipinski definition) is 4. The molecule has 2 heterocycles. The summed E-state index contributed by atoms with van der Waals surface area (Å²) in [4.78, 5) is 18.8. The van der Waals surface area contributed by atoms with Crippen molar-refractivity contribution in [3.05, 3.63) is 30.6 Å². The van der Waals surface area contributed by atoms with Crippen molar-refractivity contribution in [3.63, 3.8) is 0 Å². The molecule has 4 N–H and O–H groups in total. The van der Waals surface area contributed by atoms with Crippen LogP contribution >= 0.6 is 0 Å². The molecule has 1 fully saturated rings. The van der Waals surface area contributed by atoms with Crippen LogP contribution in [0.5, 0.6) is 5.75 Å². The second-order valence-electron chi connectivity index (χ2n) is 6.79. The van der Waals surface area contributed by atoms with Gasteiger partial charge in [0.15, 0.2) is 0 Å². The average Bonchev–Trinajstić information content (AvgIpc) is 3.02. The number of hydrogen-bond donors (Lipinski definition) is 4. The SMILES string of the molecule is C=C(c1c(OB(C)O)cnc2[nH]ccc12)[C@H]1C[C@@H](NC(=O)NCC(F)(F)F)C1. The number of nitrogens with one attached hydrogen (secondary N) is 3. The Kier molecular flexibility index (Phi) is 5.55. The molecule has 2 aromatic heterocycles. The van der Waals surface area contributed by atoms with Gasteiger partial charge in [-0.05, 0) is 37.2 Å². The Hall–Kier alpha value is -2.69. The molecule has 7 nitrogen and oxygen atoms in total. The van der Waals surface area contributed by atoms with Crippen molar-refractivity contribution in [1.82, 2.24) is 20.6 Å². The zero-order valence-corrected chi connectivity index (χ0v) is 15.1. The number of pyridine rings is 1. The van der Waals surface area contributed by atoms with Gasteiger partial charge >= 0.3 is 19.3 Å². The van der Waals surface area contributed by atoms with Crippen LogP contribution in [0.4, 0.5) is 18.0 Å². The molecule has 1 aliphatic carbocycles. The van der Waals surface area contributed by atoms with Gasteiger partial charge in [-0.25, -0.2) is 9.78 Å². The lowest BCUT2D eigenvalue weighted by atomic mass is 9.73. The van der Waals surface area contributed by atoms with Crippen molar-refractivity contribution in [3.8, 4) is 5.75 Å². The molecule has 0 aliphatic heterocycles. The number of nitrogens with zero attached hydrogens (tertiary/aromatic N) is 1. The van der Waals surface area contributed by atoms with E-state index in [2.05, 4.69) is 21.9 Å². The van der Waals surface area contributed by atoms with Crippen LogP contribution < -0.4 is 15.3 Å². The third-order valence-electron chi connectivity index (χ3n) is 4.59. The van der Waals surface area contributed by atoms with Crippen LogP contribution in [0.25, 0.3) is 16.6 Å². The van der Waals surface area contributed by atoms with Gasteiger partial charge < -0.3 is 25.3 Å². The predicted molar refractivity (Wildman–Crippen MR) is 98.7 cm³/mol. The van der Waals surface area contributed by atoms with E-state index in [-0.39, 0.29) is 12.0 Å². The van der Waals surface area contributed by atoms with Gasteiger partial charge in [-0.15, -0.1) is 0 Å². The van der Waals surface area contributed by atoms with Crippen molar-refractivity contribution < 1.29 is 27.6 Å². The van der Waals surface area contributed by atoms with Crippen molar-refractivity contribution in [1.29, 1.82) is 0 Å². The number of rotatable bonds is 6. The normalized spacial score (nSPS) is 19.0. The van der Waals surface area contributed by atoms with Crippen LogP contribution in [0.3, 0.4) is 0 Å². The first kappa shape index (κ1) is 20.1. The zero-order valence-electron chi connectivity index (χ0n) is 15.1. The number of allylic oxidation sites excluding steroid dienone is 1. The molecule has 0 aromatic carbocycles. The minimum Gasteiger partial charge on any atom is -0.535 e. The summed E-state index contributed by atoms with van der Waals surface area (Å²) in [6.07, 6.45) is -0.125. The molecule has 2 amide bonds. The third-order valence-corrected chi connectivity index (χ3v) is 4.59. The maximum Gasteiger partial charge on any atom is 0.519 e. The van der Waals surface area contributed by atoms with E-state index < -0.39 is 25.9 Å². The number of alkyl halides is 3. The van der Waals surface area contributed by atoms with Crippen molar-refractivity contribution in [2.75, 3.05) is 6.54 Å². The van der Waals surface area contributed by atoms with Gasteiger partial charge in [0, 0.05) is 23.2 Å². The first-order valence-corrected chi connectivity index (χ1v) is 8.75. The van der Waals surface area contributed by atoms with Gasteiger partial charge in [0.2, 0.25) is 0 Å². The lowest BCUT2D eigenvalue weighted by Crippen LogP contribution is -2.50. The number of carbonyl (C=O) groups is 1. The highest BCUT2D eigenvalue weighted by Crippen LogP contribution is 2.43. The summed E-state index contributed by atoms with van der Waals surface area (Å²) in [7, 11) is -1.03. The lowest BCUT2D eigenvalue weighted by Gasteiger charge is -2.37. The number of urea groups is 1. The summed E-state index contributed by atoms with van der Waals surface area (Å²) in [6, 6.07) is 0.748. The highest BCUT2D eigenvalue weighted by atomic mass is 19.4. The van der Waals surface area contributed by atoms with Crippen LogP contribution in [0, 0.1) is 5.92 Å². The molecule has 2 aromatic rings. The van der Waals surface area contributed by atoms with E-state index >= 15 is 0 Å². The Bertz CT molecular complexity index is 878. The molecule has 0 saturated heterocycles. The quantitative estimate of drug-likeness (QED) is 0.565. The first-order valence-electron chi connectivity index (χ1n) is 8.75. The number of carbonyl (C=O) groups excluding carboxylic acids is 1. The molecule has 0 bridgehead atoms. The fourth-order valence-corrected chi connectivity index (χ4v) is 3.24. The maximum atomic E-state index is 12.1. The zero-order chi connectivity index (χ0) is 20.5. The van der Waals surface area contributed by atoms with Gasteiger partial charge in [0.25, 0.3) is 0 Å². The van der Waals surface area contributed by atoms with Gasteiger partial charge in [-0.1, -0.05) is 6.58 Å². The highest BCUT2D eigenvalue weighted by molar-refractivity contribution is 6.41. The minimum atomic E-state index is -4.45. The topological polar surface area (TPSA) is 99.3 Å². The minimum absolute atomic E-state index is 0.0183. The Morgan fingerprint density at radius 1 is 1.50 bits per heavy atom. The smallest absolute Gasteiger partial charge is 0.519 e. The van der Waals surface area contributed by atoms with Gasteiger partial charge in [0.05, 0.1) is 6.20 Å². The van der Waals surface area contributed by atoms with E-state index in [0.29, 0.717) is 24.2 Å². The molecule has 0 atom stereocenters. The average molecular weight is 396 g/mol. The van der Waals surface area contributed by atoms with Crippen LogP contribution in [0.15, 0.2) is 25.0 Å². The molecular formula is C17H20BF3N4O3. The van der Waals surface area contributed by atoms with E-state index in [0.717, 1.165) is 16.5 Å². The highest BCUT2D eigenvalue weighted by Gasteiger charge is 2.35. The Morgan fingerprint density at radius 3 is 2.86 bits per heavy atom. The van der Waals surface area contributed by atoms with E-state index in [1.807, 2.05) is 6.07 Å². The molecule has 11 heteroatoms. The predicted octanol–water partition coefficient (Wildman–Crippen LogP) is 2.71. The first-order chi connectivity index (χ1) is 13.1. The summed E-state index contributed by atoms with van der Waals surface area (Å²) in [5.41, 5.74) is 2.13. The van der Waals surface area contributed by atoms with Crippen LogP contribution in [-0.2, 0) is 0 Å². The molecule has 28 heavy (non-hydrogen) atoms. The number of aromatic nitrogens is 2. The molecule has 1 saturated carbocycles. The number of amides is 2. The number of fused-ring (bicyclic) bond motifs is 1. The summed E-state index contributed by atoms with van der Waals surface area (Å²) < 4.78 is 41.9. The molecule has 3 rings (SSSR count). The molecule has 1 aliphatic rings. The fourth-order valence-electron chi connectivity index (χ4n) is 3.24. The van der Waals surface area contributed by atoms with Crippen LogP contribution in [0.2, 0.25) is 6.82 Å². The second-order valence-corrected chi connectivity index (χ2v) is 6.79. The molecule has 150 valence electrons. The monoisotopic (exact) mass is 396 g/mol. The van der Waals surface area contributed by atoms with Crippen LogP contribution in [-0.4, -0.2) is 46.9 Å². The molecule has 0 radical (unpaired) electrons.